The average Bonchev–Trinajstić information content (AvgIpc) is 3.28. The number of carbonyl (C=O) groups is 1. The smallest absolute Gasteiger partial charge is 0.387 e. The molecule has 1 saturated carbocycles. The molecular weight excluding hydrogens is 321 g/mol. The molecule has 1 aliphatic rings. The first-order valence-electron chi connectivity index (χ1n) is 7.66. The van der Waals surface area contributed by atoms with Gasteiger partial charge in [0.2, 0.25) is 0 Å². The van der Waals surface area contributed by atoms with Crippen LogP contribution in [0.3, 0.4) is 0 Å². The molecule has 2 N–H and O–H groups in total. The van der Waals surface area contributed by atoms with Crippen LogP contribution in [0.1, 0.15) is 46.6 Å². The maximum atomic E-state index is 12.7. The Balaban J connectivity index is 1.64. The molecule has 1 amide bonds. The Bertz CT molecular complexity index is 735. The van der Waals surface area contributed by atoms with Gasteiger partial charge in [0.05, 0.1) is 11.7 Å². The van der Waals surface area contributed by atoms with Crippen molar-refractivity contribution in [2.45, 2.75) is 31.2 Å². The minimum Gasteiger partial charge on any atom is -0.387 e. The molecule has 0 radical (unpaired) electrons. The lowest BCUT2D eigenvalue weighted by molar-refractivity contribution is -0.137. The zero-order valence-electron chi connectivity index (χ0n) is 12.8. The lowest BCUT2D eigenvalue weighted by Gasteiger charge is -2.15. The van der Waals surface area contributed by atoms with Gasteiger partial charge in [0.25, 0.3) is 5.91 Å². The van der Waals surface area contributed by atoms with Gasteiger partial charge in [-0.2, -0.15) is 13.2 Å². The highest BCUT2D eigenvalue weighted by atomic mass is 19.4. The van der Waals surface area contributed by atoms with Crippen LogP contribution in [-0.4, -0.2) is 22.1 Å². The molecule has 1 aromatic heterocycles. The van der Waals surface area contributed by atoms with Gasteiger partial charge in [-0.05, 0) is 42.7 Å². The number of nitrogens with zero attached hydrogens (tertiary/aromatic N) is 1. The number of carbonyl (C=O) groups excluding carboxylic acids is 1. The third-order valence-corrected chi connectivity index (χ3v) is 4.01. The van der Waals surface area contributed by atoms with Crippen LogP contribution in [0, 0.1) is 0 Å². The van der Waals surface area contributed by atoms with Crippen molar-refractivity contribution in [3.05, 3.63) is 59.4 Å². The second-order valence-corrected chi connectivity index (χ2v) is 5.88. The van der Waals surface area contributed by atoms with Crippen LogP contribution in [0.4, 0.5) is 13.2 Å². The molecule has 128 valence electrons. The summed E-state index contributed by atoms with van der Waals surface area (Å²) in [7, 11) is 0. The molecule has 1 aromatic carbocycles. The summed E-state index contributed by atoms with van der Waals surface area (Å²) in [5, 5.41) is 12.6. The molecule has 1 unspecified atom stereocenters. The summed E-state index contributed by atoms with van der Waals surface area (Å²) in [5.41, 5.74) is -0.218. The standard InChI is InChI=1S/C17H17F3N2O2/c18-17(19,20)12-4-1-3-11(9-12)15(23)10-21-16(24)14-5-2-8-22(14)13-6-7-13/h1-5,8-9,13,15,23H,6-7,10H2,(H,21,24). The second-order valence-electron chi connectivity index (χ2n) is 5.88. The van der Waals surface area contributed by atoms with Crippen molar-refractivity contribution in [2.75, 3.05) is 6.54 Å². The zero-order chi connectivity index (χ0) is 17.3. The first-order chi connectivity index (χ1) is 11.4. The van der Waals surface area contributed by atoms with Gasteiger partial charge in [0.15, 0.2) is 0 Å². The van der Waals surface area contributed by atoms with Gasteiger partial charge in [-0.3, -0.25) is 4.79 Å². The second kappa shape index (κ2) is 6.32. The first-order valence-corrected chi connectivity index (χ1v) is 7.66. The number of alkyl halides is 3. The molecule has 1 fully saturated rings. The number of benzene rings is 1. The monoisotopic (exact) mass is 338 g/mol. The van der Waals surface area contributed by atoms with E-state index in [0.717, 1.165) is 25.0 Å². The van der Waals surface area contributed by atoms with Crippen LogP contribution in [0.25, 0.3) is 0 Å². The largest absolute Gasteiger partial charge is 0.416 e. The molecule has 2 aromatic rings. The highest BCUT2D eigenvalue weighted by molar-refractivity contribution is 5.92. The Morgan fingerprint density at radius 2 is 2.04 bits per heavy atom. The van der Waals surface area contributed by atoms with Gasteiger partial charge >= 0.3 is 6.18 Å². The maximum Gasteiger partial charge on any atom is 0.416 e. The molecule has 1 aliphatic carbocycles. The highest BCUT2D eigenvalue weighted by Gasteiger charge is 2.31. The molecule has 0 bridgehead atoms. The van der Waals surface area contributed by atoms with Gasteiger partial charge in [0, 0.05) is 18.8 Å². The quantitative estimate of drug-likeness (QED) is 0.879. The minimum absolute atomic E-state index is 0.114. The Morgan fingerprint density at radius 3 is 2.71 bits per heavy atom. The molecule has 0 aliphatic heterocycles. The Hall–Kier alpha value is -2.28. The number of hydrogen-bond acceptors (Lipinski definition) is 2. The van der Waals surface area contributed by atoms with Crippen LogP contribution < -0.4 is 5.32 Å². The highest BCUT2D eigenvalue weighted by Crippen LogP contribution is 2.36. The predicted molar refractivity (Wildman–Crippen MR) is 81.4 cm³/mol. The predicted octanol–water partition coefficient (Wildman–Crippen LogP) is 3.31. The van der Waals surface area contributed by atoms with E-state index in [1.54, 1.807) is 12.1 Å². The summed E-state index contributed by atoms with van der Waals surface area (Å²) < 4.78 is 40.0. The molecule has 1 atom stereocenters. The van der Waals surface area contributed by atoms with Crippen LogP contribution >= 0.6 is 0 Å². The molecule has 7 heteroatoms. The fourth-order valence-electron chi connectivity index (χ4n) is 2.58. The third kappa shape index (κ3) is 3.62. The van der Waals surface area contributed by atoms with Crippen molar-refractivity contribution in [3.8, 4) is 0 Å². The summed E-state index contributed by atoms with van der Waals surface area (Å²) in [6.07, 6.45) is -1.79. The number of rotatable bonds is 5. The van der Waals surface area contributed by atoms with E-state index in [9.17, 15) is 23.1 Å². The number of hydrogen-bond donors (Lipinski definition) is 2. The molecule has 0 spiro atoms. The molecule has 1 heterocycles. The van der Waals surface area contributed by atoms with Gasteiger partial charge in [-0.15, -0.1) is 0 Å². The van der Waals surface area contributed by atoms with Crippen LogP contribution in [-0.2, 0) is 6.18 Å². The molecule has 4 nitrogen and oxygen atoms in total. The molecule has 0 saturated heterocycles. The van der Waals surface area contributed by atoms with E-state index in [4.69, 9.17) is 0 Å². The summed E-state index contributed by atoms with van der Waals surface area (Å²) in [5.74, 6) is -0.349. The van der Waals surface area contributed by atoms with E-state index < -0.39 is 17.8 Å². The summed E-state index contributed by atoms with van der Waals surface area (Å²) in [6.45, 7) is -0.157. The van der Waals surface area contributed by atoms with Crippen molar-refractivity contribution < 1.29 is 23.1 Å². The van der Waals surface area contributed by atoms with E-state index >= 15 is 0 Å². The summed E-state index contributed by atoms with van der Waals surface area (Å²) >= 11 is 0. The number of aliphatic hydroxyl groups is 1. The zero-order valence-corrected chi connectivity index (χ0v) is 12.8. The average molecular weight is 338 g/mol. The van der Waals surface area contributed by atoms with Crippen molar-refractivity contribution >= 4 is 5.91 Å². The van der Waals surface area contributed by atoms with Crippen molar-refractivity contribution in [1.82, 2.24) is 9.88 Å². The SMILES string of the molecule is O=C(NCC(O)c1cccc(C(F)(F)F)c1)c1cccn1C1CC1. The Kier molecular flexibility index (Phi) is 4.36. The molecular formula is C17H17F3N2O2. The Labute approximate surface area is 136 Å². The summed E-state index contributed by atoms with van der Waals surface area (Å²) in [4.78, 5) is 12.2. The lowest BCUT2D eigenvalue weighted by Crippen LogP contribution is -2.30. The van der Waals surface area contributed by atoms with Crippen LogP contribution in [0.5, 0.6) is 0 Å². The van der Waals surface area contributed by atoms with E-state index in [-0.39, 0.29) is 18.0 Å². The van der Waals surface area contributed by atoms with Crippen molar-refractivity contribution in [3.63, 3.8) is 0 Å². The fraction of sp³-hybridized carbons (Fsp3) is 0.353. The number of aliphatic hydroxyl groups excluding tert-OH is 1. The molecule has 3 rings (SSSR count). The normalized spacial score (nSPS) is 16.0. The van der Waals surface area contributed by atoms with E-state index in [1.807, 2.05) is 10.8 Å². The van der Waals surface area contributed by atoms with Gasteiger partial charge < -0.3 is 15.0 Å². The van der Waals surface area contributed by atoms with Crippen LogP contribution in [0.15, 0.2) is 42.6 Å². The summed E-state index contributed by atoms with van der Waals surface area (Å²) in [6, 6.07) is 8.27. The number of nitrogens with one attached hydrogen (secondary N) is 1. The molecule has 24 heavy (non-hydrogen) atoms. The maximum absolute atomic E-state index is 12.7. The van der Waals surface area contributed by atoms with Crippen LogP contribution in [0.2, 0.25) is 0 Å². The first kappa shape index (κ1) is 16.6. The topological polar surface area (TPSA) is 54.3 Å². The van der Waals surface area contributed by atoms with E-state index in [0.29, 0.717) is 11.7 Å². The third-order valence-electron chi connectivity index (χ3n) is 4.01. The van der Waals surface area contributed by atoms with Gasteiger partial charge in [-0.1, -0.05) is 12.1 Å². The van der Waals surface area contributed by atoms with Crippen molar-refractivity contribution in [2.24, 2.45) is 0 Å². The van der Waals surface area contributed by atoms with E-state index in [1.165, 1.54) is 12.1 Å². The number of halogens is 3. The van der Waals surface area contributed by atoms with Gasteiger partial charge in [-0.25, -0.2) is 0 Å². The number of amides is 1. The number of aromatic nitrogens is 1. The fourth-order valence-corrected chi connectivity index (χ4v) is 2.58. The lowest BCUT2D eigenvalue weighted by atomic mass is 10.1. The Morgan fingerprint density at radius 1 is 1.29 bits per heavy atom. The van der Waals surface area contributed by atoms with E-state index in [2.05, 4.69) is 5.32 Å². The van der Waals surface area contributed by atoms with Crippen molar-refractivity contribution in [1.29, 1.82) is 0 Å². The van der Waals surface area contributed by atoms with Gasteiger partial charge in [0.1, 0.15) is 5.69 Å². The minimum atomic E-state index is -4.47.